The SMILES string of the molecule is C=CCSCC(=O)Nc1cc(C)cc(C)c1. The highest BCUT2D eigenvalue weighted by molar-refractivity contribution is 8.00. The van der Waals surface area contributed by atoms with Crippen LogP contribution in [0.15, 0.2) is 30.9 Å². The van der Waals surface area contributed by atoms with Gasteiger partial charge in [-0.15, -0.1) is 18.3 Å². The summed E-state index contributed by atoms with van der Waals surface area (Å²) >= 11 is 1.56. The number of benzene rings is 1. The van der Waals surface area contributed by atoms with Crippen molar-refractivity contribution in [2.45, 2.75) is 13.8 Å². The van der Waals surface area contributed by atoms with Crippen LogP contribution in [0, 0.1) is 13.8 Å². The van der Waals surface area contributed by atoms with Crippen LogP contribution in [0.25, 0.3) is 0 Å². The average molecular weight is 235 g/mol. The van der Waals surface area contributed by atoms with E-state index in [9.17, 15) is 4.79 Å². The monoisotopic (exact) mass is 235 g/mol. The maximum Gasteiger partial charge on any atom is 0.234 e. The largest absolute Gasteiger partial charge is 0.325 e. The Morgan fingerprint density at radius 1 is 1.38 bits per heavy atom. The molecule has 3 heteroatoms. The molecule has 0 heterocycles. The fraction of sp³-hybridized carbons (Fsp3) is 0.308. The number of nitrogens with one attached hydrogen (secondary N) is 1. The predicted molar refractivity (Wildman–Crippen MR) is 72.1 cm³/mol. The van der Waals surface area contributed by atoms with Crippen molar-refractivity contribution in [2.24, 2.45) is 0 Å². The second kappa shape index (κ2) is 6.38. The molecular formula is C13H17NOS. The Morgan fingerprint density at radius 3 is 2.56 bits per heavy atom. The first-order chi connectivity index (χ1) is 7.61. The van der Waals surface area contributed by atoms with Crippen LogP contribution in [0.2, 0.25) is 0 Å². The number of carbonyl (C=O) groups is 1. The molecule has 0 saturated heterocycles. The number of amides is 1. The summed E-state index contributed by atoms with van der Waals surface area (Å²) in [6.07, 6.45) is 1.80. The molecular weight excluding hydrogens is 218 g/mol. The lowest BCUT2D eigenvalue weighted by Gasteiger charge is -2.06. The van der Waals surface area contributed by atoms with Crippen LogP contribution < -0.4 is 5.32 Å². The summed E-state index contributed by atoms with van der Waals surface area (Å²) in [6, 6.07) is 6.04. The summed E-state index contributed by atoms with van der Waals surface area (Å²) in [4.78, 5) is 11.5. The standard InChI is InChI=1S/C13H17NOS/c1-4-5-16-9-13(15)14-12-7-10(2)6-11(3)8-12/h4,6-8H,1,5,9H2,2-3H3,(H,14,15). The minimum Gasteiger partial charge on any atom is -0.325 e. The van der Waals surface area contributed by atoms with Gasteiger partial charge < -0.3 is 5.32 Å². The molecule has 1 N–H and O–H groups in total. The first-order valence-corrected chi connectivity index (χ1v) is 6.34. The molecule has 0 aliphatic rings. The summed E-state index contributed by atoms with van der Waals surface area (Å²) in [7, 11) is 0. The van der Waals surface area contributed by atoms with Gasteiger partial charge in [-0.25, -0.2) is 0 Å². The van der Waals surface area contributed by atoms with Gasteiger partial charge in [0.1, 0.15) is 0 Å². The minimum atomic E-state index is 0.0388. The number of carbonyl (C=O) groups excluding carboxylic acids is 1. The third-order valence-electron chi connectivity index (χ3n) is 1.97. The van der Waals surface area contributed by atoms with Crippen molar-refractivity contribution >= 4 is 23.4 Å². The lowest BCUT2D eigenvalue weighted by molar-refractivity contribution is -0.113. The van der Waals surface area contributed by atoms with Crippen LogP contribution in [-0.2, 0) is 4.79 Å². The Kier molecular flexibility index (Phi) is 5.12. The lowest BCUT2D eigenvalue weighted by atomic mass is 10.1. The summed E-state index contributed by atoms with van der Waals surface area (Å²) in [5.74, 6) is 1.32. The zero-order valence-corrected chi connectivity index (χ0v) is 10.6. The molecule has 0 aliphatic carbocycles. The van der Waals surface area contributed by atoms with Gasteiger partial charge in [0.15, 0.2) is 0 Å². The van der Waals surface area contributed by atoms with E-state index < -0.39 is 0 Å². The number of anilines is 1. The molecule has 16 heavy (non-hydrogen) atoms. The van der Waals surface area contributed by atoms with Gasteiger partial charge in [-0.1, -0.05) is 12.1 Å². The molecule has 1 rings (SSSR count). The van der Waals surface area contributed by atoms with Gasteiger partial charge in [0, 0.05) is 11.4 Å². The van der Waals surface area contributed by atoms with E-state index in [0.29, 0.717) is 5.75 Å². The van der Waals surface area contributed by atoms with Gasteiger partial charge in [0.2, 0.25) is 5.91 Å². The van der Waals surface area contributed by atoms with E-state index in [1.807, 2.05) is 26.0 Å². The third-order valence-corrected chi connectivity index (χ3v) is 2.91. The van der Waals surface area contributed by atoms with E-state index in [4.69, 9.17) is 0 Å². The smallest absolute Gasteiger partial charge is 0.234 e. The Morgan fingerprint density at radius 2 is 2.00 bits per heavy atom. The first kappa shape index (κ1) is 12.8. The molecule has 1 aromatic carbocycles. The lowest BCUT2D eigenvalue weighted by Crippen LogP contribution is -2.14. The third kappa shape index (κ3) is 4.53. The molecule has 0 spiro atoms. The summed E-state index contributed by atoms with van der Waals surface area (Å²) in [5.41, 5.74) is 3.20. The van der Waals surface area contributed by atoms with E-state index in [1.165, 1.54) is 0 Å². The molecule has 2 nitrogen and oxygen atoms in total. The molecule has 1 amide bonds. The van der Waals surface area contributed by atoms with Crippen molar-refractivity contribution in [1.29, 1.82) is 0 Å². The van der Waals surface area contributed by atoms with Crippen molar-refractivity contribution in [3.63, 3.8) is 0 Å². The highest BCUT2D eigenvalue weighted by Gasteiger charge is 2.02. The molecule has 86 valence electrons. The number of aryl methyl sites for hydroxylation is 2. The van der Waals surface area contributed by atoms with Gasteiger partial charge in [0.25, 0.3) is 0 Å². The number of thioether (sulfide) groups is 1. The molecule has 0 bridgehead atoms. The van der Waals surface area contributed by atoms with Gasteiger partial charge >= 0.3 is 0 Å². The molecule has 0 atom stereocenters. The molecule has 0 radical (unpaired) electrons. The maximum atomic E-state index is 11.5. The number of hydrogen-bond acceptors (Lipinski definition) is 2. The van der Waals surface area contributed by atoms with Crippen LogP contribution in [0.1, 0.15) is 11.1 Å². The second-order valence-corrected chi connectivity index (χ2v) is 4.76. The Bertz CT molecular complexity index is 367. The fourth-order valence-electron chi connectivity index (χ4n) is 1.48. The molecule has 0 fully saturated rings. The van der Waals surface area contributed by atoms with E-state index >= 15 is 0 Å². The Balaban J connectivity index is 2.52. The zero-order valence-electron chi connectivity index (χ0n) is 9.75. The molecule has 0 saturated carbocycles. The van der Waals surface area contributed by atoms with Crippen molar-refractivity contribution in [2.75, 3.05) is 16.8 Å². The van der Waals surface area contributed by atoms with Gasteiger partial charge in [-0.3, -0.25) is 4.79 Å². The zero-order chi connectivity index (χ0) is 12.0. The normalized spacial score (nSPS) is 9.88. The molecule has 0 aromatic heterocycles. The maximum absolute atomic E-state index is 11.5. The van der Waals surface area contributed by atoms with E-state index in [-0.39, 0.29) is 5.91 Å². The van der Waals surface area contributed by atoms with Crippen LogP contribution in [0.5, 0.6) is 0 Å². The van der Waals surface area contributed by atoms with E-state index in [1.54, 1.807) is 17.8 Å². The quantitative estimate of drug-likeness (QED) is 0.627. The summed E-state index contributed by atoms with van der Waals surface area (Å²) in [5, 5.41) is 2.89. The fourth-order valence-corrected chi connectivity index (χ4v) is 2.02. The van der Waals surface area contributed by atoms with Crippen molar-refractivity contribution < 1.29 is 4.79 Å². The summed E-state index contributed by atoms with van der Waals surface area (Å²) < 4.78 is 0. The Hall–Kier alpha value is -1.22. The first-order valence-electron chi connectivity index (χ1n) is 5.18. The van der Waals surface area contributed by atoms with Gasteiger partial charge in [-0.2, -0.15) is 0 Å². The van der Waals surface area contributed by atoms with Crippen molar-refractivity contribution in [1.82, 2.24) is 0 Å². The second-order valence-electron chi connectivity index (χ2n) is 3.73. The highest BCUT2D eigenvalue weighted by Crippen LogP contribution is 2.14. The highest BCUT2D eigenvalue weighted by atomic mass is 32.2. The van der Waals surface area contributed by atoms with E-state index in [2.05, 4.69) is 18.0 Å². The summed E-state index contributed by atoms with van der Waals surface area (Å²) in [6.45, 7) is 7.66. The van der Waals surface area contributed by atoms with Crippen LogP contribution in [-0.4, -0.2) is 17.4 Å². The number of rotatable bonds is 5. The van der Waals surface area contributed by atoms with E-state index in [0.717, 1.165) is 22.6 Å². The van der Waals surface area contributed by atoms with Crippen LogP contribution in [0.4, 0.5) is 5.69 Å². The van der Waals surface area contributed by atoms with Gasteiger partial charge in [-0.05, 0) is 37.1 Å². The van der Waals surface area contributed by atoms with Crippen molar-refractivity contribution in [3.05, 3.63) is 42.0 Å². The van der Waals surface area contributed by atoms with Crippen LogP contribution >= 0.6 is 11.8 Å². The molecule has 0 aliphatic heterocycles. The number of hydrogen-bond donors (Lipinski definition) is 1. The predicted octanol–water partition coefficient (Wildman–Crippen LogP) is 3.16. The molecule has 0 unspecified atom stereocenters. The topological polar surface area (TPSA) is 29.1 Å². The average Bonchev–Trinajstić information content (AvgIpc) is 2.16. The van der Waals surface area contributed by atoms with Crippen molar-refractivity contribution in [3.8, 4) is 0 Å². The minimum absolute atomic E-state index is 0.0388. The van der Waals surface area contributed by atoms with Crippen LogP contribution in [0.3, 0.4) is 0 Å². The van der Waals surface area contributed by atoms with Gasteiger partial charge in [0.05, 0.1) is 5.75 Å². The molecule has 1 aromatic rings. The Labute approximate surface area is 101 Å².